The van der Waals surface area contributed by atoms with Gasteiger partial charge in [-0.05, 0) is 45.0 Å². The van der Waals surface area contributed by atoms with Crippen LogP contribution in [0.25, 0.3) is 0 Å². The Hall–Kier alpha value is -1.75. The van der Waals surface area contributed by atoms with Gasteiger partial charge in [0.25, 0.3) is 0 Å². The van der Waals surface area contributed by atoms with Gasteiger partial charge in [0.1, 0.15) is 11.5 Å². The third kappa shape index (κ3) is 3.04. The fraction of sp³-hybridized carbons (Fsp3) is 0.267. The Labute approximate surface area is 125 Å². The molecular formula is C15H16BrNO3. The molecule has 2 N–H and O–H groups in total. The van der Waals surface area contributed by atoms with Crippen LogP contribution in [0.3, 0.4) is 0 Å². The van der Waals surface area contributed by atoms with E-state index in [4.69, 9.17) is 4.42 Å². The summed E-state index contributed by atoms with van der Waals surface area (Å²) in [6, 6.07) is 7.09. The second-order valence-corrected chi connectivity index (χ2v) is 5.65. The highest BCUT2D eigenvalue weighted by molar-refractivity contribution is 9.10. The van der Waals surface area contributed by atoms with Gasteiger partial charge in [0.05, 0.1) is 11.6 Å². The summed E-state index contributed by atoms with van der Waals surface area (Å²) in [6.07, 6.45) is 0. The molecule has 2 aromatic rings. The number of aromatic carboxylic acids is 1. The Kier molecular flexibility index (Phi) is 4.18. The summed E-state index contributed by atoms with van der Waals surface area (Å²) >= 11 is 3.28. The SMILES string of the molecule is Cc1cc(C(C)Nc2ccc(Br)cc2C(=O)O)c(C)o1. The van der Waals surface area contributed by atoms with E-state index < -0.39 is 5.97 Å². The van der Waals surface area contributed by atoms with E-state index in [9.17, 15) is 9.90 Å². The van der Waals surface area contributed by atoms with Crippen LogP contribution in [0.2, 0.25) is 0 Å². The first-order valence-corrected chi connectivity index (χ1v) is 7.04. The number of aryl methyl sites for hydroxylation is 2. The van der Waals surface area contributed by atoms with Crippen LogP contribution in [-0.2, 0) is 0 Å². The number of nitrogens with one attached hydrogen (secondary N) is 1. The lowest BCUT2D eigenvalue weighted by Gasteiger charge is -2.16. The maximum absolute atomic E-state index is 11.3. The molecule has 0 fully saturated rings. The number of carbonyl (C=O) groups is 1. The third-order valence-electron chi connectivity index (χ3n) is 3.13. The molecular weight excluding hydrogens is 322 g/mol. The molecule has 0 amide bonds. The van der Waals surface area contributed by atoms with Crippen LogP contribution in [0.1, 0.15) is 40.4 Å². The topological polar surface area (TPSA) is 62.5 Å². The molecule has 2 rings (SSSR count). The number of benzene rings is 1. The lowest BCUT2D eigenvalue weighted by molar-refractivity contribution is 0.0698. The molecule has 20 heavy (non-hydrogen) atoms. The molecule has 0 saturated heterocycles. The molecule has 1 aromatic carbocycles. The van der Waals surface area contributed by atoms with Gasteiger partial charge in [-0.15, -0.1) is 0 Å². The summed E-state index contributed by atoms with van der Waals surface area (Å²) in [4.78, 5) is 11.3. The fourth-order valence-electron chi connectivity index (χ4n) is 2.21. The molecule has 0 aliphatic rings. The second-order valence-electron chi connectivity index (χ2n) is 4.73. The number of rotatable bonds is 4. The van der Waals surface area contributed by atoms with Gasteiger partial charge >= 0.3 is 5.97 Å². The van der Waals surface area contributed by atoms with E-state index in [0.717, 1.165) is 21.6 Å². The van der Waals surface area contributed by atoms with Crippen molar-refractivity contribution in [3.63, 3.8) is 0 Å². The average Bonchev–Trinajstić information content (AvgIpc) is 2.70. The van der Waals surface area contributed by atoms with Crippen molar-refractivity contribution in [2.24, 2.45) is 0 Å². The van der Waals surface area contributed by atoms with Gasteiger partial charge in [0, 0.05) is 15.7 Å². The standard InChI is InChI=1S/C15H16BrNO3/c1-8-6-12(10(3)20-8)9(2)17-14-5-4-11(16)7-13(14)15(18)19/h4-7,9,17H,1-3H3,(H,18,19). The van der Waals surface area contributed by atoms with Crippen molar-refractivity contribution >= 4 is 27.6 Å². The number of furan rings is 1. The van der Waals surface area contributed by atoms with Crippen molar-refractivity contribution in [1.29, 1.82) is 0 Å². The van der Waals surface area contributed by atoms with E-state index in [-0.39, 0.29) is 11.6 Å². The van der Waals surface area contributed by atoms with Gasteiger partial charge in [-0.3, -0.25) is 0 Å². The average molecular weight is 338 g/mol. The van der Waals surface area contributed by atoms with Gasteiger partial charge in [-0.2, -0.15) is 0 Å². The Balaban J connectivity index is 2.30. The molecule has 5 heteroatoms. The number of carboxylic acid groups (broad SMARTS) is 1. The number of anilines is 1. The molecule has 0 aliphatic heterocycles. The van der Waals surface area contributed by atoms with Crippen LogP contribution in [0.4, 0.5) is 5.69 Å². The van der Waals surface area contributed by atoms with Gasteiger partial charge in [-0.1, -0.05) is 15.9 Å². The lowest BCUT2D eigenvalue weighted by atomic mass is 10.1. The van der Waals surface area contributed by atoms with Crippen LogP contribution in [-0.4, -0.2) is 11.1 Å². The monoisotopic (exact) mass is 337 g/mol. The highest BCUT2D eigenvalue weighted by Gasteiger charge is 2.16. The van der Waals surface area contributed by atoms with Crippen LogP contribution < -0.4 is 5.32 Å². The van der Waals surface area contributed by atoms with Crippen molar-refractivity contribution in [2.75, 3.05) is 5.32 Å². The molecule has 0 spiro atoms. The summed E-state index contributed by atoms with van der Waals surface area (Å²) < 4.78 is 6.25. The van der Waals surface area contributed by atoms with E-state index in [1.165, 1.54) is 0 Å². The second kappa shape index (κ2) is 5.71. The largest absolute Gasteiger partial charge is 0.478 e. The van der Waals surface area contributed by atoms with Crippen LogP contribution in [0, 0.1) is 13.8 Å². The van der Waals surface area contributed by atoms with Crippen molar-refractivity contribution in [1.82, 2.24) is 0 Å². The maximum atomic E-state index is 11.3. The molecule has 106 valence electrons. The fourth-order valence-corrected chi connectivity index (χ4v) is 2.57. The zero-order valence-corrected chi connectivity index (χ0v) is 13.1. The van der Waals surface area contributed by atoms with Gasteiger partial charge in [0.15, 0.2) is 0 Å². The summed E-state index contributed by atoms with van der Waals surface area (Å²) in [5.41, 5.74) is 1.86. The first-order valence-electron chi connectivity index (χ1n) is 6.25. The first kappa shape index (κ1) is 14.7. The Morgan fingerprint density at radius 1 is 1.35 bits per heavy atom. The van der Waals surface area contributed by atoms with Gasteiger partial charge in [-0.25, -0.2) is 4.79 Å². The molecule has 0 aliphatic carbocycles. The molecule has 1 unspecified atom stereocenters. The highest BCUT2D eigenvalue weighted by Crippen LogP contribution is 2.28. The Morgan fingerprint density at radius 3 is 2.60 bits per heavy atom. The summed E-state index contributed by atoms with van der Waals surface area (Å²) in [7, 11) is 0. The van der Waals surface area contributed by atoms with Gasteiger partial charge < -0.3 is 14.8 Å². The normalized spacial score (nSPS) is 12.2. The van der Waals surface area contributed by atoms with E-state index in [0.29, 0.717) is 5.69 Å². The first-order chi connectivity index (χ1) is 9.38. The number of hydrogen-bond donors (Lipinski definition) is 2. The van der Waals surface area contributed by atoms with Crippen LogP contribution in [0.5, 0.6) is 0 Å². The summed E-state index contributed by atoms with van der Waals surface area (Å²) in [5, 5.41) is 12.5. The van der Waals surface area contributed by atoms with E-state index >= 15 is 0 Å². The van der Waals surface area contributed by atoms with Crippen molar-refractivity contribution in [3.8, 4) is 0 Å². The third-order valence-corrected chi connectivity index (χ3v) is 3.62. The zero-order chi connectivity index (χ0) is 14.9. The molecule has 1 heterocycles. The molecule has 1 atom stereocenters. The van der Waals surface area contributed by atoms with Crippen molar-refractivity contribution < 1.29 is 14.3 Å². The summed E-state index contributed by atoms with van der Waals surface area (Å²) in [5.74, 6) is 0.734. The minimum absolute atomic E-state index is 0.0354. The van der Waals surface area contributed by atoms with Crippen LogP contribution >= 0.6 is 15.9 Å². The van der Waals surface area contributed by atoms with E-state index in [1.54, 1.807) is 12.1 Å². The zero-order valence-electron chi connectivity index (χ0n) is 11.5. The predicted octanol–water partition coefficient (Wildman–Crippen LogP) is 4.53. The Bertz CT molecular complexity index is 649. The minimum atomic E-state index is -0.957. The number of carboxylic acids is 1. The maximum Gasteiger partial charge on any atom is 0.337 e. The van der Waals surface area contributed by atoms with Crippen LogP contribution in [0.15, 0.2) is 33.2 Å². The highest BCUT2D eigenvalue weighted by atomic mass is 79.9. The predicted molar refractivity (Wildman–Crippen MR) is 81.3 cm³/mol. The molecule has 0 radical (unpaired) electrons. The van der Waals surface area contributed by atoms with E-state index in [1.807, 2.05) is 32.9 Å². The smallest absolute Gasteiger partial charge is 0.337 e. The Morgan fingerprint density at radius 2 is 2.05 bits per heavy atom. The number of hydrogen-bond acceptors (Lipinski definition) is 3. The molecule has 1 aromatic heterocycles. The lowest BCUT2D eigenvalue weighted by Crippen LogP contribution is -2.11. The quantitative estimate of drug-likeness (QED) is 0.860. The van der Waals surface area contributed by atoms with Crippen molar-refractivity contribution in [3.05, 3.63) is 51.4 Å². The number of halogens is 1. The minimum Gasteiger partial charge on any atom is -0.478 e. The molecule has 0 saturated carbocycles. The van der Waals surface area contributed by atoms with Gasteiger partial charge in [0.2, 0.25) is 0 Å². The van der Waals surface area contributed by atoms with Crippen molar-refractivity contribution in [2.45, 2.75) is 26.8 Å². The summed E-state index contributed by atoms with van der Waals surface area (Å²) in [6.45, 7) is 5.77. The van der Waals surface area contributed by atoms with E-state index in [2.05, 4.69) is 21.2 Å². The molecule has 4 nitrogen and oxygen atoms in total. The molecule has 0 bridgehead atoms.